The number of nitrogens with one attached hydrogen (secondary N) is 1. The molecule has 4 aromatic rings. The third-order valence-electron chi connectivity index (χ3n) is 4.46. The van der Waals surface area contributed by atoms with E-state index >= 15 is 0 Å². The summed E-state index contributed by atoms with van der Waals surface area (Å²) in [6, 6.07) is 11.1. The molecular weight excluding hydrogens is 374 g/mol. The molecule has 0 aliphatic carbocycles. The van der Waals surface area contributed by atoms with Crippen LogP contribution in [0.1, 0.15) is 22.1 Å². The Morgan fingerprint density at radius 2 is 2.07 bits per heavy atom. The zero-order valence-corrected chi connectivity index (χ0v) is 16.2. The second-order valence-electron chi connectivity index (χ2n) is 6.31. The summed E-state index contributed by atoms with van der Waals surface area (Å²) in [5.74, 6) is 0.998. The minimum absolute atomic E-state index is 0.0806. The number of amides is 1. The first-order valence-electron chi connectivity index (χ1n) is 8.86. The normalized spacial score (nSPS) is 10.9. The molecule has 0 saturated heterocycles. The average molecular weight is 393 g/mol. The van der Waals surface area contributed by atoms with Crippen molar-refractivity contribution in [3.05, 3.63) is 59.9 Å². The van der Waals surface area contributed by atoms with E-state index in [2.05, 4.69) is 25.8 Å². The van der Waals surface area contributed by atoms with Crippen LogP contribution >= 0.6 is 0 Å². The minimum Gasteiger partial charge on any atom is -0.494 e. The quantitative estimate of drug-likeness (QED) is 0.532. The maximum atomic E-state index is 12.6. The third kappa shape index (κ3) is 3.47. The molecule has 0 bridgehead atoms. The van der Waals surface area contributed by atoms with E-state index in [9.17, 15) is 4.79 Å². The van der Waals surface area contributed by atoms with Crippen molar-refractivity contribution < 1.29 is 14.1 Å². The topological polar surface area (TPSA) is 113 Å². The summed E-state index contributed by atoms with van der Waals surface area (Å²) < 4.78 is 14.0. The van der Waals surface area contributed by atoms with E-state index in [1.807, 2.05) is 54.2 Å². The average Bonchev–Trinajstić information content (AvgIpc) is 3.46. The highest BCUT2D eigenvalue weighted by molar-refractivity contribution is 5.93. The molecule has 4 rings (SSSR count). The first-order chi connectivity index (χ1) is 14.1. The summed E-state index contributed by atoms with van der Waals surface area (Å²) in [5.41, 5.74) is 2.31. The molecule has 1 N–H and O–H groups in total. The number of rotatable bonds is 6. The van der Waals surface area contributed by atoms with Gasteiger partial charge in [-0.05, 0) is 31.2 Å². The number of methoxy groups -OCH3 is 1. The first kappa shape index (κ1) is 18.4. The molecule has 0 atom stereocenters. The molecule has 1 aromatic carbocycles. The molecule has 0 spiro atoms. The monoisotopic (exact) mass is 393 g/mol. The summed E-state index contributed by atoms with van der Waals surface area (Å²) in [6.45, 7) is 1.85. The Morgan fingerprint density at radius 3 is 2.83 bits per heavy atom. The molecule has 0 radical (unpaired) electrons. The van der Waals surface area contributed by atoms with Crippen LogP contribution in [0, 0.1) is 6.92 Å². The van der Waals surface area contributed by atoms with Gasteiger partial charge in [-0.2, -0.15) is 4.98 Å². The number of ether oxygens (including phenoxy) is 1. The second kappa shape index (κ2) is 7.58. The van der Waals surface area contributed by atoms with Gasteiger partial charge in [0.2, 0.25) is 11.7 Å². The number of para-hydroxylation sites is 2. The standard InChI is InChI=1S/C19H19N7O3/c1-12-17(22-24-26(12)13-7-4-5-9-15(13)28-3)19(27)20-11-16-21-18(23-29-16)14-8-6-10-25(14)2/h4-10H,11H2,1-3H3,(H,20,27). The number of aromatic nitrogens is 6. The van der Waals surface area contributed by atoms with E-state index in [-0.39, 0.29) is 18.1 Å². The van der Waals surface area contributed by atoms with E-state index in [0.29, 0.717) is 28.8 Å². The summed E-state index contributed by atoms with van der Waals surface area (Å²) in [4.78, 5) is 16.9. The maximum absolute atomic E-state index is 12.6. The fourth-order valence-corrected chi connectivity index (χ4v) is 2.94. The lowest BCUT2D eigenvalue weighted by Crippen LogP contribution is -2.24. The van der Waals surface area contributed by atoms with Crippen LogP contribution in [0.5, 0.6) is 5.75 Å². The molecule has 148 valence electrons. The second-order valence-corrected chi connectivity index (χ2v) is 6.31. The van der Waals surface area contributed by atoms with Crippen LogP contribution in [0.25, 0.3) is 17.2 Å². The van der Waals surface area contributed by atoms with Crippen LogP contribution in [0.3, 0.4) is 0 Å². The van der Waals surface area contributed by atoms with Gasteiger partial charge in [0.15, 0.2) is 5.69 Å². The summed E-state index contributed by atoms with van der Waals surface area (Å²) in [5, 5.41) is 14.8. The number of aryl methyl sites for hydroxylation is 1. The SMILES string of the molecule is COc1ccccc1-n1nnc(C(=O)NCc2nc(-c3cccn3C)no2)c1C. The Kier molecular flexibility index (Phi) is 4.82. The zero-order valence-electron chi connectivity index (χ0n) is 16.2. The van der Waals surface area contributed by atoms with Crippen LogP contribution in [0.2, 0.25) is 0 Å². The summed E-state index contributed by atoms with van der Waals surface area (Å²) in [6.07, 6.45) is 1.89. The van der Waals surface area contributed by atoms with E-state index in [4.69, 9.17) is 9.26 Å². The molecule has 10 heteroatoms. The Morgan fingerprint density at radius 1 is 1.24 bits per heavy atom. The van der Waals surface area contributed by atoms with Gasteiger partial charge in [0.25, 0.3) is 5.91 Å². The van der Waals surface area contributed by atoms with Gasteiger partial charge in [0.1, 0.15) is 11.4 Å². The molecule has 1 amide bonds. The van der Waals surface area contributed by atoms with Crippen LogP contribution < -0.4 is 10.1 Å². The lowest BCUT2D eigenvalue weighted by Gasteiger charge is -2.08. The molecule has 0 saturated carbocycles. The molecular formula is C19H19N7O3. The highest BCUT2D eigenvalue weighted by atomic mass is 16.5. The zero-order chi connectivity index (χ0) is 20.4. The number of carbonyl (C=O) groups is 1. The number of nitrogens with zero attached hydrogens (tertiary/aromatic N) is 6. The number of hydrogen-bond donors (Lipinski definition) is 1. The highest BCUT2D eigenvalue weighted by Gasteiger charge is 2.20. The fraction of sp³-hybridized carbons (Fsp3) is 0.211. The molecule has 0 aliphatic heterocycles. The highest BCUT2D eigenvalue weighted by Crippen LogP contribution is 2.23. The predicted octanol–water partition coefficient (Wildman–Crippen LogP) is 1.90. The van der Waals surface area contributed by atoms with Crippen molar-refractivity contribution in [2.75, 3.05) is 7.11 Å². The lowest BCUT2D eigenvalue weighted by atomic mass is 10.2. The van der Waals surface area contributed by atoms with Gasteiger partial charge >= 0.3 is 0 Å². The van der Waals surface area contributed by atoms with Crippen molar-refractivity contribution in [3.63, 3.8) is 0 Å². The van der Waals surface area contributed by atoms with Crippen molar-refractivity contribution in [2.24, 2.45) is 7.05 Å². The molecule has 3 aromatic heterocycles. The molecule has 0 unspecified atom stereocenters. The lowest BCUT2D eigenvalue weighted by molar-refractivity contribution is 0.0940. The minimum atomic E-state index is -0.387. The third-order valence-corrected chi connectivity index (χ3v) is 4.46. The van der Waals surface area contributed by atoms with Crippen LogP contribution in [0.4, 0.5) is 0 Å². The maximum Gasteiger partial charge on any atom is 0.274 e. The van der Waals surface area contributed by atoms with Crippen molar-refractivity contribution in [2.45, 2.75) is 13.5 Å². The molecule has 0 fully saturated rings. The number of hydrogen-bond acceptors (Lipinski definition) is 7. The molecule has 29 heavy (non-hydrogen) atoms. The van der Waals surface area contributed by atoms with Crippen LogP contribution in [-0.2, 0) is 13.6 Å². The van der Waals surface area contributed by atoms with Gasteiger partial charge in [-0.25, -0.2) is 4.68 Å². The van der Waals surface area contributed by atoms with Gasteiger partial charge < -0.3 is 19.1 Å². The Balaban J connectivity index is 1.48. The van der Waals surface area contributed by atoms with Crippen molar-refractivity contribution in [1.82, 2.24) is 35.0 Å². The molecule has 3 heterocycles. The fourth-order valence-electron chi connectivity index (χ4n) is 2.94. The van der Waals surface area contributed by atoms with E-state index in [1.165, 1.54) is 0 Å². The van der Waals surface area contributed by atoms with Gasteiger partial charge in [0.05, 0.1) is 25.0 Å². The summed E-state index contributed by atoms with van der Waals surface area (Å²) >= 11 is 0. The molecule has 0 aliphatic rings. The number of benzene rings is 1. The molecule has 10 nitrogen and oxygen atoms in total. The van der Waals surface area contributed by atoms with Crippen LogP contribution in [0.15, 0.2) is 47.1 Å². The summed E-state index contributed by atoms with van der Waals surface area (Å²) in [7, 11) is 3.47. The Bertz CT molecular complexity index is 1160. The van der Waals surface area contributed by atoms with Gasteiger partial charge in [-0.3, -0.25) is 4.79 Å². The van der Waals surface area contributed by atoms with E-state index in [1.54, 1.807) is 18.7 Å². The van der Waals surface area contributed by atoms with Crippen LogP contribution in [-0.4, -0.2) is 42.7 Å². The smallest absolute Gasteiger partial charge is 0.274 e. The number of carbonyl (C=O) groups excluding carboxylic acids is 1. The van der Waals surface area contributed by atoms with Gasteiger partial charge in [0, 0.05) is 13.2 Å². The first-order valence-corrected chi connectivity index (χ1v) is 8.86. The van der Waals surface area contributed by atoms with Crippen molar-refractivity contribution >= 4 is 5.91 Å². The predicted molar refractivity (Wildman–Crippen MR) is 103 cm³/mol. The van der Waals surface area contributed by atoms with E-state index in [0.717, 1.165) is 5.69 Å². The Hall–Kier alpha value is -3.95. The van der Waals surface area contributed by atoms with Crippen molar-refractivity contribution in [3.8, 4) is 23.0 Å². The van der Waals surface area contributed by atoms with E-state index < -0.39 is 0 Å². The Labute approximate surface area is 166 Å². The van der Waals surface area contributed by atoms with Gasteiger partial charge in [-0.15, -0.1) is 5.10 Å². The largest absolute Gasteiger partial charge is 0.494 e. The van der Waals surface area contributed by atoms with Crippen molar-refractivity contribution in [1.29, 1.82) is 0 Å². The van der Waals surface area contributed by atoms with Gasteiger partial charge in [-0.1, -0.05) is 22.5 Å².